The van der Waals surface area contributed by atoms with Crippen LogP contribution in [0.15, 0.2) is 0 Å². The van der Waals surface area contributed by atoms with Gasteiger partial charge in [-0.3, -0.25) is 0 Å². The summed E-state index contributed by atoms with van der Waals surface area (Å²) in [6, 6.07) is 0. The minimum Gasteiger partial charge on any atom is -0.352 e. The molecule has 2 rings (SSSR count). The average molecular weight is 367 g/mol. The van der Waals surface area contributed by atoms with Crippen LogP contribution in [0.3, 0.4) is 0 Å². The highest BCUT2D eigenvalue weighted by molar-refractivity contribution is 4.81. The van der Waals surface area contributed by atoms with Crippen LogP contribution in [0.4, 0.5) is 0 Å². The molecule has 2 aliphatic carbocycles. The Kier molecular flexibility index (Phi) is 9.99. The molecule has 2 saturated carbocycles. The molecule has 0 aromatic rings. The number of hydrogen-bond donors (Lipinski definition) is 0. The van der Waals surface area contributed by atoms with Crippen molar-refractivity contribution < 1.29 is 9.47 Å². The first-order valence-electron chi connectivity index (χ1n) is 11.8. The van der Waals surface area contributed by atoms with Crippen molar-refractivity contribution in [2.75, 3.05) is 6.61 Å². The van der Waals surface area contributed by atoms with E-state index in [4.69, 9.17) is 9.47 Å². The predicted molar refractivity (Wildman–Crippen MR) is 111 cm³/mol. The molecule has 26 heavy (non-hydrogen) atoms. The second-order valence-corrected chi connectivity index (χ2v) is 9.89. The minimum absolute atomic E-state index is 0.0232. The van der Waals surface area contributed by atoms with Crippen LogP contribution in [-0.2, 0) is 9.47 Å². The van der Waals surface area contributed by atoms with Gasteiger partial charge in [-0.05, 0) is 81.0 Å². The van der Waals surface area contributed by atoms with Crippen molar-refractivity contribution in [1.82, 2.24) is 0 Å². The zero-order valence-electron chi connectivity index (χ0n) is 18.3. The topological polar surface area (TPSA) is 18.5 Å². The highest BCUT2D eigenvalue weighted by atomic mass is 16.7. The summed E-state index contributed by atoms with van der Waals surface area (Å²) in [5.41, 5.74) is 0. The molecule has 0 aromatic heterocycles. The molecule has 2 aliphatic rings. The lowest BCUT2D eigenvalue weighted by Gasteiger charge is -2.37. The maximum Gasteiger partial charge on any atom is 0.157 e. The standard InChI is InChI=1S/C24H46O2/c1-6-24(25-17-20-10-8-7-9-11-20)26-22-14-12-21(13-15-22)23(19(4)5)16-18(2)3/h18-24H,6-17H2,1-5H3. The Bertz CT molecular complexity index is 351. The van der Waals surface area contributed by atoms with Crippen LogP contribution in [-0.4, -0.2) is 19.0 Å². The minimum atomic E-state index is 0.0232. The van der Waals surface area contributed by atoms with Crippen LogP contribution in [0.1, 0.15) is 105 Å². The number of ether oxygens (including phenoxy) is 2. The van der Waals surface area contributed by atoms with Gasteiger partial charge in [-0.15, -0.1) is 0 Å². The fourth-order valence-electron chi connectivity index (χ4n) is 5.27. The van der Waals surface area contributed by atoms with Gasteiger partial charge >= 0.3 is 0 Å². The zero-order chi connectivity index (χ0) is 18.9. The lowest BCUT2D eigenvalue weighted by Crippen LogP contribution is -2.32. The quantitative estimate of drug-likeness (QED) is 0.380. The molecule has 0 aliphatic heterocycles. The summed E-state index contributed by atoms with van der Waals surface area (Å²) in [6.07, 6.45) is 14.9. The van der Waals surface area contributed by atoms with Gasteiger partial charge < -0.3 is 9.47 Å². The first-order valence-corrected chi connectivity index (χ1v) is 11.8. The Morgan fingerprint density at radius 1 is 0.846 bits per heavy atom. The van der Waals surface area contributed by atoms with E-state index in [-0.39, 0.29) is 6.29 Å². The third-order valence-electron chi connectivity index (χ3n) is 6.84. The van der Waals surface area contributed by atoms with Crippen LogP contribution < -0.4 is 0 Å². The second-order valence-electron chi connectivity index (χ2n) is 9.89. The first-order chi connectivity index (χ1) is 12.5. The van der Waals surface area contributed by atoms with Crippen molar-refractivity contribution in [2.45, 2.75) is 118 Å². The summed E-state index contributed by atoms with van der Waals surface area (Å²) in [4.78, 5) is 0. The third-order valence-corrected chi connectivity index (χ3v) is 6.84. The van der Waals surface area contributed by atoms with Gasteiger partial charge in [-0.2, -0.15) is 0 Å². The fourth-order valence-corrected chi connectivity index (χ4v) is 5.27. The van der Waals surface area contributed by atoms with Crippen molar-refractivity contribution >= 4 is 0 Å². The third kappa shape index (κ3) is 7.50. The van der Waals surface area contributed by atoms with Crippen molar-refractivity contribution in [3.63, 3.8) is 0 Å². The van der Waals surface area contributed by atoms with Gasteiger partial charge in [0.15, 0.2) is 6.29 Å². The molecule has 0 N–H and O–H groups in total. The van der Waals surface area contributed by atoms with E-state index in [9.17, 15) is 0 Å². The van der Waals surface area contributed by atoms with Gasteiger partial charge in [-0.1, -0.05) is 53.9 Å². The molecule has 2 fully saturated rings. The Morgan fingerprint density at radius 3 is 2.04 bits per heavy atom. The predicted octanol–water partition coefficient (Wildman–Crippen LogP) is 7.21. The lowest BCUT2D eigenvalue weighted by atomic mass is 9.71. The molecule has 2 nitrogen and oxygen atoms in total. The normalized spacial score (nSPS) is 27.8. The van der Waals surface area contributed by atoms with E-state index in [0.29, 0.717) is 6.10 Å². The molecule has 0 saturated heterocycles. The van der Waals surface area contributed by atoms with E-state index >= 15 is 0 Å². The molecular formula is C24H46O2. The van der Waals surface area contributed by atoms with Crippen LogP contribution in [0.2, 0.25) is 0 Å². The lowest BCUT2D eigenvalue weighted by molar-refractivity contribution is -0.187. The summed E-state index contributed by atoms with van der Waals surface area (Å²) in [5, 5.41) is 0. The first kappa shape index (κ1) is 22.2. The molecular weight excluding hydrogens is 320 g/mol. The summed E-state index contributed by atoms with van der Waals surface area (Å²) in [5.74, 6) is 4.19. The average Bonchev–Trinajstić information content (AvgIpc) is 2.64. The summed E-state index contributed by atoms with van der Waals surface area (Å²) < 4.78 is 12.6. The molecule has 2 unspecified atom stereocenters. The van der Waals surface area contributed by atoms with Crippen LogP contribution in [0, 0.1) is 29.6 Å². The highest BCUT2D eigenvalue weighted by Crippen LogP contribution is 2.38. The summed E-state index contributed by atoms with van der Waals surface area (Å²) in [7, 11) is 0. The monoisotopic (exact) mass is 366 g/mol. The molecule has 0 spiro atoms. The summed E-state index contributed by atoms with van der Waals surface area (Å²) >= 11 is 0. The zero-order valence-corrected chi connectivity index (χ0v) is 18.3. The van der Waals surface area contributed by atoms with E-state index < -0.39 is 0 Å². The molecule has 0 radical (unpaired) electrons. The van der Waals surface area contributed by atoms with Gasteiger partial charge in [0.05, 0.1) is 12.7 Å². The van der Waals surface area contributed by atoms with Gasteiger partial charge in [0, 0.05) is 0 Å². The van der Waals surface area contributed by atoms with Gasteiger partial charge in [0.2, 0.25) is 0 Å². The maximum atomic E-state index is 6.38. The maximum absolute atomic E-state index is 6.38. The van der Waals surface area contributed by atoms with Crippen molar-refractivity contribution in [1.29, 1.82) is 0 Å². The second kappa shape index (κ2) is 11.7. The van der Waals surface area contributed by atoms with Crippen LogP contribution >= 0.6 is 0 Å². The molecule has 0 bridgehead atoms. The highest BCUT2D eigenvalue weighted by Gasteiger charge is 2.31. The molecule has 154 valence electrons. The fraction of sp³-hybridized carbons (Fsp3) is 1.00. The van der Waals surface area contributed by atoms with Crippen LogP contribution in [0.5, 0.6) is 0 Å². The molecule has 2 atom stereocenters. The van der Waals surface area contributed by atoms with Crippen molar-refractivity contribution in [3.8, 4) is 0 Å². The van der Waals surface area contributed by atoms with Crippen molar-refractivity contribution in [3.05, 3.63) is 0 Å². The van der Waals surface area contributed by atoms with E-state index in [1.807, 2.05) is 0 Å². The Hall–Kier alpha value is -0.0800. The molecule has 2 heteroatoms. The van der Waals surface area contributed by atoms with Gasteiger partial charge in [-0.25, -0.2) is 0 Å². The van der Waals surface area contributed by atoms with Crippen LogP contribution in [0.25, 0.3) is 0 Å². The summed E-state index contributed by atoms with van der Waals surface area (Å²) in [6.45, 7) is 12.7. The van der Waals surface area contributed by atoms with Gasteiger partial charge in [0.25, 0.3) is 0 Å². The van der Waals surface area contributed by atoms with E-state index in [2.05, 4.69) is 34.6 Å². The van der Waals surface area contributed by atoms with E-state index in [1.165, 1.54) is 64.2 Å². The molecule has 0 amide bonds. The van der Waals surface area contributed by atoms with Gasteiger partial charge in [0.1, 0.15) is 0 Å². The Balaban J connectivity index is 1.71. The Labute approximate surface area is 163 Å². The molecule has 0 heterocycles. The van der Waals surface area contributed by atoms with Crippen molar-refractivity contribution in [2.24, 2.45) is 29.6 Å². The molecule has 0 aromatic carbocycles. The Morgan fingerprint density at radius 2 is 1.50 bits per heavy atom. The SMILES string of the molecule is CCC(OCC1CCCCC1)OC1CCC(C(CC(C)C)C(C)C)CC1. The number of rotatable bonds is 10. The number of hydrogen-bond acceptors (Lipinski definition) is 2. The van der Waals surface area contributed by atoms with E-state index in [1.54, 1.807) is 0 Å². The largest absolute Gasteiger partial charge is 0.352 e. The smallest absolute Gasteiger partial charge is 0.157 e. The van der Waals surface area contributed by atoms with E-state index in [0.717, 1.165) is 42.6 Å².